The zero-order valence-electron chi connectivity index (χ0n) is 22.2. The van der Waals surface area contributed by atoms with E-state index in [1.54, 1.807) is 22.7 Å². The van der Waals surface area contributed by atoms with Crippen LogP contribution in [0.4, 0.5) is 10.1 Å². The standard InChI is InChI=1S/C30H36ClFN4O2S/c31-23-8-5-7-22(19-23)20-28-30(38)36(26-11-3-4-12-27(26)39-28)21-29(37)33-13-6-14-34-15-17-35(18-16-34)25-10-2-1-9-24(25)32/h1-2,5,7-10,19-20,26-27H,3-4,6,11-18,21H2,(H,33,37)/b28-20-. The molecule has 9 heteroatoms. The first-order valence-electron chi connectivity index (χ1n) is 13.9. The van der Waals surface area contributed by atoms with Gasteiger partial charge < -0.3 is 15.1 Å². The Morgan fingerprint density at radius 3 is 2.67 bits per heavy atom. The molecule has 2 heterocycles. The highest BCUT2D eigenvalue weighted by Gasteiger charge is 2.41. The first kappa shape index (κ1) is 28.0. The van der Waals surface area contributed by atoms with Crippen LogP contribution in [0.15, 0.2) is 53.4 Å². The maximum Gasteiger partial charge on any atom is 0.261 e. The van der Waals surface area contributed by atoms with Gasteiger partial charge in [0.05, 0.1) is 10.6 Å². The van der Waals surface area contributed by atoms with Gasteiger partial charge in [0.1, 0.15) is 12.4 Å². The van der Waals surface area contributed by atoms with Crippen LogP contribution in [-0.4, -0.2) is 78.7 Å². The molecule has 0 radical (unpaired) electrons. The minimum Gasteiger partial charge on any atom is -0.367 e. The number of piperazine rings is 1. The molecule has 0 spiro atoms. The lowest BCUT2D eigenvalue weighted by molar-refractivity contribution is -0.135. The number of benzene rings is 2. The molecule has 2 amide bonds. The van der Waals surface area contributed by atoms with Crippen molar-refractivity contribution in [2.24, 2.45) is 0 Å². The van der Waals surface area contributed by atoms with Crippen molar-refractivity contribution in [1.29, 1.82) is 0 Å². The second-order valence-electron chi connectivity index (χ2n) is 10.5. The van der Waals surface area contributed by atoms with E-state index in [4.69, 9.17) is 11.6 Å². The van der Waals surface area contributed by atoms with E-state index >= 15 is 0 Å². The Morgan fingerprint density at radius 2 is 1.87 bits per heavy atom. The number of rotatable bonds is 8. The van der Waals surface area contributed by atoms with Crippen molar-refractivity contribution in [2.45, 2.75) is 43.4 Å². The first-order chi connectivity index (χ1) is 19.0. The van der Waals surface area contributed by atoms with Crippen molar-refractivity contribution in [2.75, 3.05) is 50.7 Å². The number of hydrogen-bond acceptors (Lipinski definition) is 5. The quantitative estimate of drug-likeness (QED) is 0.356. The van der Waals surface area contributed by atoms with Gasteiger partial charge in [-0.1, -0.05) is 48.7 Å². The van der Waals surface area contributed by atoms with Crippen LogP contribution in [0.3, 0.4) is 0 Å². The van der Waals surface area contributed by atoms with Crippen LogP contribution in [0.1, 0.15) is 37.7 Å². The van der Waals surface area contributed by atoms with E-state index in [1.165, 1.54) is 6.07 Å². The van der Waals surface area contributed by atoms with E-state index in [0.717, 1.165) is 70.4 Å². The molecule has 6 nitrogen and oxygen atoms in total. The maximum atomic E-state index is 14.1. The molecule has 1 saturated carbocycles. The lowest BCUT2D eigenvalue weighted by Crippen LogP contribution is -2.54. The van der Waals surface area contributed by atoms with Gasteiger partial charge in [0, 0.05) is 49.0 Å². The van der Waals surface area contributed by atoms with Gasteiger partial charge in [-0.05, 0) is 61.7 Å². The Morgan fingerprint density at radius 1 is 1.08 bits per heavy atom. The van der Waals surface area contributed by atoms with Gasteiger partial charge in [0.15, 0.2) is 0 Å². The monoisotopic (exact) mass is 570 g/mol. The molecule has 2 aromatic carbocycles. The molecule has 0 aromatic heterocycles. The summed E-state index contributed by atoms with van der Waals surface area (Å²) in [5.41, 5.74) is 1.56. The second kappa shape index (κ2) is 13.2. The first-order valence-corrected chi connectivity index (χ1v) is 15.2. The molecule has 1 aliphatic carbocycles. The summed E-state index contributed by atoms with van der Waals surface area (Å²) in [6.07, 6.45) is 6.98. The summed E-state index contributed by atoms with van der Waals surface area (Å²) in [6, 6.07) is 14.5. The van der Waals surface area contributed by atoms with Gasteiger partial charge in [-0.15, -0.1) is 11.8 Å². The Labute approximate surface area is 239 Å². The third-order valence-electron chi connectivity index (χ3n) is 7.82. The van der Waals surface area contributed by atoms with E-state index in [2.05, 4.69) is 15.1 Å². The van der Waals surface area contributed by atoms with Crippen LogP contribution in [0.5, 0.6) is 0 Å². The van der Waals surface area contributed by atoms with Gasteiger partial charge in [0.2, 0.25) is 5.91 Å². The van der Waals surface area contributed by atoms with Crippen LogP contribution >= 0.6 is 23.4 Å². The van der Waals surface area contributed by atoms with Gasteiger partial charge in [-0.3, -0.25) is 14.5 Å². The Balaban J connectivity index is 1.10. The third-order valence-corrected chi connectivity index (χ3v) is 9.45. The SMILES string of the molecule is O=C(CN1C(=O)/C(=C/c2cccc(Cl)c2)SC2CCCCC21)NCCCN1CCN(c2ccccc2F)CC1. The summed E-state index contributed by atoms with van der Waals surface area (Å²) < 4.78 is 14.1. The number of nitrogens with zero attached hydrogens (tertiary/aromatic N) is 3. The van der Waals surface area contributed by atoms with Crippen molar-refractivity contribution >= 4 is 46.9 Å². The fourth-order valence-corrected chi connectivity index (χ4v) is 7.44. The second-order valence-corrected chi connectivity index (χ2v) is 12.2. The average molecular weight is 571 g/mol. The highest BCUT2D eigenvalue weighted by Crippen LogP contribution is 2.42. The molecule has 3 fully saturated rings. The maximum absolute atomic E-state index is 14.1. The van der Waals surface area contributed by atoms with Crippen LogP contribution < -0.4 is 10.2 Å². The lowest BCUT2D eigenvalue weighted by Gasteiger charge is -2.43. The van der Waals surface area contributed by atoms with Crippen LogP contribution in [-0.2, 0) is 9.59 Å². The smallest absolute Gasteiger partial charge is 0.261 e. The van der Waals surface area contributed by atoms with Crippen molar-refractivity contribution in [3.05, 3.63) is 69.8 Å². The number of nitrogens with one attached hydrogen (secondary N) is 1. The Bertz CT molecular complexity index is 1200. The largest absolute Gasteiger partial charge is 0.367 e. The summed E-state index contributed by atoms with van der Waals surface area (Å²) in [4.78, 5) is 33.3. The summed E-state index contributed by atoms with van der Waals surface area (Å²) in [7, 11) is 0. The highest BCUT2D eigenvalue weighted by molar-refractivity contribution is 8.04. The molecule has 2 atom stereocenters. The Hall–Kier alpha value is -2.55. The topological polar surface area (TPSA) is 55.9 Å². The number of amides is 2. The number of anilines is 1. The molecule has 2 unspecified atom stereocenters. The lowest BCUT2D eigenvalue weighted by atomic mass is 9.93. The number of halogens is 2. The molecular weight excluding hydrogens is 535 g/mol. The number of thioether (sulfide) groups is 1. The third kappa shape index (κ3) is 7.16. The zero-order chi connectivity index (χ0) is 27.2. The van der Waals surface area contributed by atoms with Crippen LogP contribution in [0, 0.1) is 5.82 Å². The van der Waals surface area contributed by atoms with Crippen molar-refractivity contribution < 1.29 is 14.0 Å². The summed E-state index contributed by atoms with van der Waals surface area (Å²) in [6.45, 7) is 4.85. The fraction of sp³-hybridized carbons (Fsp3) is 0.467. The predicted octanol–water partition coefficient (Wildman–Crippen LogP) is 5.04. The van der Waals surface area contributed by atoms with E-state index in [1.807, 2.05) is 42.5 Å². The molecule has 208 valence electrons. The van der Waals surface area contributed by atoms with E-state index in [9.17, 15) is 14.0 Å². The van der Waals surface area contributed by atoms with Crippen molar-refractivity contribution in [1.82, 2.24) is 15.1 Å². The number of carbonyl (C=O) groups excluding carboxylic acids is 2. The average Bonchev–Trinajstić information content (AvgIpc) is 2.94. The van der Waals surface area contributed by atoms with Gasteiger partial charge in [0.25, 0.3) is 5.91 Å². The van der Waals surface area contributed by atoms with E-state index in [0.29, 0.717) is 27.4 Å². The summed E-state index contributed by atoms with van der Waals surface area (Å²) in [5, 5.41) is 3.99. The number of para-hydroxylation sites is 1. The van der Waals surface area contributed by atoms with Gasteiger partial charge in [-0.2, -0.15) is 0 Å². The summed E-state index contributed by atoms with van der Waals surface area (Å²) >= 11 is 7.81. The predicted molar refractivity (Wildman–Crippen MR) is 157 cm³/mol. The number of fused-ring (bicyclic) bond motifs is 1. The number of hydrogen-bond donors (Lipinski definition) is 1. The molecule has 1 N–H and O–H groups in total. The molecule has 0 bridgehead atoms. The van der Waals surface area contributed by atoms with E-state index < -0.39 is 0 Å². The molecule has 5 rings (SSSR count). The highest BCUT2D eigenvalue weighted by atomic mass is 35.5. The fourth-order valence-electron chi connectivity index (χ4n) is 5.77. The summed E-state index contributed by atoms with van der Waals surface area (Å²) in [5.74, 6) is -0.344. The van der Waals surface area contributed by atoms with Gasteiger partial charge >= 0.3 is 0 Å². The van der Waals surface area contributed by atoms with Crippen LogP contribution in [0.2, 0.25) is 5.02 Å². The molecule has 2 saturated heterocycles. The molecule has 2 aromatic rings. The van der Waals surface area contributed by atoms with Crippen molar-refractivity contribution in [3.63, 3.8) is 0 Å². The molecular formula is C30H36ClFN4O2S. The minimum absolute atomic E-state index is 0.0639. The normalized spacial score (nSPS) is 23.1. The van der Waals surface area contributed by atoms with E-state index in [-0.39, 0.29) is 30.2 Å². The van der Waals surface area contributed by atoms with Crippen molar-refractivity contribution in [3.8, 4) is 0 Å². The van der Waals surface area contributed by atoms with Crippen LogP contribution in [0.25, 0.3) is 6.08 Å². The molecule has 39 heavy (non-hydrogen) atoms. The zero-order valence-corrected chi connectivity index (χ0v) is 23.7. The van der Waals surface area contributed by atoms with Gasteiger partial charge in [-0.25, -0.2) is 4.39 Å². The number of carbonyl (C=O) groups is 2. The molecule has 3 aliphatic rings. The Kier molecular flexibility index (Phi) is 9.48. The molecule has 2 aliphatic heterocycles. The minimum atomic E-state index is -0.175.